The van der Waals surface area contributed by atoms with Crippen molar-refractivity contribution in [2.24, 2.45) is 0 Å². The number of aliphatic hydroxyl groups is 1. The number of nitrogens with zero attached hydrogens (tertiary/aromatic N) is 2. The van der Waals surface area contributed by atoms with Crippen molar-refractivity contribution in [3.63, 3.8) is 0 Å². The second kappa shape index (κ2) is 7.23. The van der Waals surface area contributed by atoms with Crippen LogP contribution in [-0.4, -0.2) is 21.5 Å². The number of aryl methyl sites for hydroxylation is 3. The van der Waals surface area contributed by atoms with Gasteiger partial charge in [-0.25, -0.2) is 0 Å². The Hall–Kier alpha value is -1.13. The average molecular weight is 351 g/mol. The second-order valence-electron chi connectivity index (χ2n) is 5.37. The van der Waals surface area contributed by atoms with E-state index in [0.717, 1.165) is 29.6 Å². The van der Waals surface area contributed by atoms with E-state index in [0.29, 0.717) is 0 Å². The van der Waals surface area contributed by atoms with Gasteiger partial charge < -0.3 is 5.11 Å². The van der Waals surface area contributed by atoms with Gasteiger partial charge >= 0.3 is 0 Å². The van der Waals surface area contributed by atoms with Crippen molar-refractivity contribution in [1.29, 1.82) is 0 Å². The van der Waals surface area contributed by atoms with Crippen LogP contribution in [-0.2, 0) is 19.4 Å². The van der Waals surface area contributed by atoms with Gasteiger partial charge in [-0.2, -0.15) is 5.10 Å². The van der Waals surface area contributed by atoms with Gasteiger partial charge in [0, 0.05) is 12.5 Å². The van der Waals surface area contributed by atoms with Gasteiger partial charge in [0.05, 0.1) is 22.5 Å². The van der Waals surface area contributed by atoms with Crippen molar-refractivity contribution in [2.45, 2.75) is 46.1 Å². The van der Waals surface area contributed by atoms with Crippen LogP contribution in [0.3, 0.4) is 0 Å². The van der Waals surface area contributed by atoms with E-state index in [2.05, 4.69) is 66.1 Å². The zero-order valence-electron chi connectivity index (χ0n) is 12.9. The first-order chi connectivity index (χ1) is 10.1. The summed E-state index contributed by atoms with van der Waals surface area (Å²) < 4.78 is 3.14. The molecular formula is C17H23BrN2O. The lowest BCUT2D eigenvalue weighted by Gasteiger charge is -2.16. The minimum Gasteiger partial charge on any atom is -0.396 e. The van der Waals surface area contributed by atoms with E-state index in [1.807, 2.05) is 4.68 Å². The lowest BCUT2D eigenvalue weighted by atomic mass is 9.94. The maximum atomic E-state index is 9.78. The number of aliphatic hydroxyl groups excluding tert-OH is 1. The SMILES string of the molecule is CCc1nn(CC)c(CC(CO)c2ccc(C)cc2)c1Br. The Labute approximate surface area is 135 Å². The molecule has 4 heteroatoms. The highest BCUT2D eigenvalue weighted by Crippen LogP contribution is 2.28. The fourth-order valence-corrected chi connectivity index (χ4v) is 3.30. The Morgan fingerprint density at radius 2 is 1.90 bits per heavy atom. The van der Waals surface area contributed by atoms with Crippen LogP contribution in [0.1, 0.15) is 42.3 Å². The predicted octanol–water partition coefficient (Wildman–Crippen LogP) is 3.85. The van der Waals surface area contributed by atoms with Crippen LogP contribution in [0.25, 0.3) is 0 Å². The first-order valence-corrected chi connectivity index (χ1v) is 8.31. The molecule has 1 aromatic heterocycles. The number of benzene rings is 1. The molecule has 114 valence electrons. The summed E-state index contributed by atoms with van der Waals surface area (Å²) in [5.41, 5.74) is 4.68. The molecular weight excluding hydrogens is 328 g/mol. The molecule has 2 aromatic rings. The summed E-state index contributed by atoms with van der Waals surface area (Å²) in [6.45, 7) is 7.28. The lowest BCUT2D eigenvalue weighted by molar-refractivity contribution is 0.262. The van der Waals surface area contributed by atoms with E-state index >= 15 is 0 Å². The first kappa shape index (κ1) is 16.2. The molecule has 0 spiro atoms. The summed E-state index contributed by atoms with van der Waals surface area (Å²) in [7, 11) is 0. The Kier molecular flexibility index (Phi) is 5.59. The molecule has 0 fully saturated rings. The number of hydrogen-bond donors (Lipinski definition) is 1. The molecule has 3 nitrogen and oxygen atoms in total. The average Bonchev–Trinajstić information content (AvgIpc) is 2.81. The standard InChI is InChI=1S/C17H23BrN2O/c1-4-15-17(18)16(20(5-2)19-15)10-14(11-21)13-8-6-12(3)7-9-13/h6-9,14,21H,4-5,10-11H2,1-3H3. The Morgan fingerprint density at radius 1 is 1.24 bits per heavy atom. The molecule has 0 aliphatic carbocycles. The number of halogens is 1. The van der Waals surface area contributed by atoms with Crippen LogP contribution in [0.5, 0.6) is 0 Å². The van der Waals surface area contributed by atoms with Crippen LogP contribution >= 0.6 is 15.9 Å². The van der Waals surface area contributed by atoms with Crippen LogP contribution in [0, 0.1) is 6.92 Å². The maximum absolute atomic E-state index is 9.78. The van der Waals surface area contributed by atoms with Gasteiger partial charge in [0.1, 0.15) is 0 Å². The lowest BCUT2D eigenvalue weighted by Crippen LogP contribution is -2.12. The molecule has 0 bridgehead atoms. The van der Waals surface area contributed by atoms with Crippen LogP contribution in [0.4, 0.5) is 0 Å². The summed E-state index contributed by atoms with van der Waals surface area (Å²) in [5.74, 6) is 0.105. The van der Waals surface area contributed by atoms with Gasteiger partial charge in [0.15, 0.2) is 0 Å². The Morgan fingerprint density at radius 3 is 2.43 bits per heavy atom. The summed E-state index contributed by atoms with van der Waals surface area (Å²) in [6.07, 6.45) is 1.70. The van der Waals surface area contributed by atoms with Crippen molar-refractivity contribution >= 4 is 15.9 Å². The van der Waals surface area contributed by atoms with Crippen LogP contribution < -0.4 is 0 Å². The molecule has 0 radical (unpaired) electrons. The normalized spacial score (nSPS) is 12.6. The van der Waals surface area contributed by atoms with Crippen molar-refractivity contribution in [3.05, 3.63) is 51.3 Å². The van der Waals surface area contributed by atoms with Gasteiger partial charge in [-0.3, -0.25) is 4.68 Å². The topological polar surface area (TPSA) is 38.0 Å². The molecule has 0 saturated carbocycles. The van der Waals surface area contributed by atoms with Crippen LogP contribution in [0.15, 0.2) is 28.7 Å². The van der Waals surface area contributed by atoms with E-state index in [4.69, 9.17) is 0 Å². The van der Waals surface area contributed by atoms with E-state index in [-0.39, 0.29) is 12.5 Å². The van der Waals surface area contributed by atoms with Crippen molar-refractivity contribution in [2.75, 3.05) is 6.61 Å². The van der Waals surface area contributed by atoms with E-state index < -0.39 is 0 Å². The highest BCUT2D eigenvalue weighted by molar-refractivity contribution is 9.10. The second-order valence-corrected chi connectivity index (χ2v) is 6.16. The number of hydrogen-bond acceptors (Lipinski definition) is 2. The summed E-state index contributed by atoms with van der Waals surface area (Å²) in [4.78, 5) is 0. The molecule has 1 unspecified atom stereocenters. The van der Waals surface area contributed by atoms with Crippen LogP contribution in [0.2, 0.25) is 0 Å². The maximum Gasteiger partial charge on any atom is 0.0766 e. The molecule has 0 aliphatic rings. The zero-order valence-corrected chi connectivity index (χ0v) is 14.5. The van der Waals surface area contributed by atoms with E-state index in [1.165, 1.54) is 16.8 Å². The Bertz CT molecular complexity index is 590. The molecule has 1 aromatic carbocycles. The molecule has 1 atom stereocenters. The van der Waals surface area contributed by atoms with Crippen molar-refractivity contribution < 1.29 is 5.11 Å². The largest absolute Gasteiger partial charge is 0.396 e. The molecule has 0 aliphatic heterocycles. The number of aromatic nitrogens is 2. The van der Waals surface area contributed by atoms with Gasteiger partial charge in [0.2, 0.25) is 0 Å². The minimum atomic E-state index is 0.105. The minimum absolute atomic E-state index is 0.105. The fourth-order valence-electron chi connectivity index (χ4n) is 2.57. The van der Waals surface area contributed by atoms with E-state index in [1.54, 1.807) is 0 Å². The fraction of sp³-hybridized carbons (Fsp3) is 0.471. The van der Waals surface area contributed by atoms with Gasteiger partial charge in [-0.15, -0.1) is 0 Å². The third-order valence-electron chi connectivity index (χ3n) is 3.90. The molecule has 1 N–H and O–H groups in total. The third kappa shape index (κ3) is 3.55. The molecule has 21 heavy (non-hydrogen) atoms. The summed E-state index contributed by atoms with van der Waals surface area (Å²) in [5, 5.41) is 14.4. The van der Waals surface area contributed by atoms with Gasteiger partial charge in [-0.05, 0) is 48.2 Å². The molecule has 0 amide bonds. The molecule has 2 rings (SSSR count). The van der Waals surface area contributed by atoms with Crippen molar-refractivity contribution in [3.8, 4) is 0 Å². The Balaban J connectivity index is 2.30. The zero-order chi connectivity index (χ0) is 15.4. The summed E-state index contributed by atoms with van der Waals surface area (Å²) in [6, 6.07) is 8.41. The number of rotatable bonds is 6. The molecule has 1 heterocycles. The highest BCUT2D eigenvalue weighted by Gasteiger charge is 2.19. The van der Waals surface area contributed by atoms with E-state index in [9.17, 15) is 5.11 Å². The van der Waals surface area contributed by atoms with Gasteiger partial charge in [0.25, 0.3) is 0 Å². The predicted molar refractivity (Wildman–Crippen MR) is 89.7 cm³/mol. The monoisotopic (exact) mass is 350 g/mol. The van der Waals surface area contributed by atoms with Crippen molar-refractivity contribution in [1.82, 2.24) is 9.78 Å². The third-order valence-corrected chi connectivity index (χ3v) is 4.82. The molecule has 0 saturated heterocycles. The smallest absolute Gasteiger partial charge is 0.0766 e. The summed E-state index contributed by atoms with van der Waals surface area (Å²) >= 11 is 3.68. The highest BCUT2D eigenvalue weighted by atomic mass is 79.9. The quantitative estimate of drug-likeness (QED) is 0.858. The van der Waals surface area contributed by atoms with Gasteiger partial charge in [-0.1, -0.05) is 36.8 Å². The first-order valence-electron chi connectivity index (χ1n) is 7.52.